The van der Waals surface area contributed by atoms with E-state index in [9.17, 15) is 9.59 Å². The number of rotatable bonds is 6. The van der Waals surface area contributed by atoms with E-state index in [1.54, 1.807) is 11.0 Å². The molecule has 35 heavy (non-hydrogen) atoms. The van der Waals surface area contributed by atoms with Gasteiger partial charge in [0.2, 0.25) is 5.91 Å². The fraction of sp³-hybridized carbons (Fsp3) is 0.379. The second-order valence-corrected chi connectivity index (χ2v) is 9.71. The summed E-state index contributed by atoms with van der Waals surface area (Å²) in [4.78, 5) is 31.1. The summed E-state index contributed by atoms with van der Waals surface area (Å²) in [6.07, 6.45) is 1.57. The van der Waals surface area contributed by atoms with Crippen LogP contribution in [0.5, 0.6) is 0 Å². The Balaban J connectivity index is 1.37. The molecule has 2 unspecified atom stereocenters. The summed E-state index contributed by atoms with van der Waals surface area (Å²) in [6.45, 7) is 3.91. The molecule has 0 spiro atoms. The Morgan fingerprint density at radius 3 is 2.23 bits per heavy atom. The molecule has 0 aliphatic carbocycles. The third-order valence-corrected chi connectivity index (χ3v) is 7.59. The van der Waals surface area contributed by atoms with E-state index in [1.807, 2.05) is 61.3 Å². The molecule has 6 heteroatoms. The summed E-state index contributed by atoms with van der Waals surface area (Å²) in [5.74, 6) is 1.29. The number of furan rings is 1. The maximum atomic E-state index is 13.8. The molecule has 2 fully saturated rings. The second-order valence-electron chi connectivity index (χ2n) is 9.71. The highest BCUT2D eigenvalue weighted by Crippen LogP contribution is 2.36. The molecule has 6 nitrogen and oxygen atoms in total. The maximum absolute atomic E-state index is 13.8. The van der Waals surface area contributed by atoms with E-state index in [1.165, 1.54) is 5.56 Å². The number of carbonyl (C=O) groups is 2. The van der Waals surface area contributed by atoms with E-state index in [4.69, 9.17) is 4.42 Å². The lowest BCUT2D eigenvalue weighted by molar-refractivity contribution is -0.134. The molecule has 2 aliphatic rings. The molecule has 1 aromatic heterocycles. The van der Waals surface area contributed by atoms with Crippen LogP contribution in [-0.4, -0.2) is 54.3 Å². The smallest absolute Gasteiger partial charge is 0.290 e. The van der Waals surface area contributed by atoms with Crippen molar-refractivity contribution >= 4 is 11.8 Å². The number of hydrogen-bond donors (Lipinski definition) is 1. The summed E-state index contributed by atoms with van der Waals surface area (Å²) in [6, 6.07) is 23.7. The van der Waals surface area contributed by atoms with Gasteiger partial charge in [-0.1, -0.05) is 60.7 Å². The molecular weight excluding hydrogens is 438 g/mol. The molecule has 182 valence electrons. The monoisotopic (exact) mass is 471 g/mol. The molecule has 2 aliphatic heterocycles. The number of amides is 2. The van der Waals surface area contributed by atoms with Crippen LogP contribution in [-0.2, 0) is 4.79 Å². The van der Waals surface area contributed by atoms with Crippen molar-refractivity contribution in [3.8, 4) is 0 Å². The van der Waals surface area contributed by atoms with Crippen molar-refractivity contribution in [1.82, 2.24) is 15.1 Å². The predicted octanol–water partition coefficient (Wildman–Crippen LogP) is 4.57. The number of hydrogen-bond acceptors (Lipinski definition) is 4. The lowest BCUT2D eigenvalue weighted by Crippen LogP contribution is -2.47. The molecule has 0 saturated carbocycles. The fourth-order valence-corrected chi connectivity index (χ4v) is 5.41. The van der Waals surface area contributed by atoms with Crippen LogP contribution in [0.15, 0.2) is 77.2 Å². The molecule has 5 rings (SSSR count). The molecule has 2 aromatic carbocycles. The van der Waals surface area contributed by atoms with Crippen LogP contribution in [0.1, 0.15) is 65.1 Å². The Labute approximate surface area is 206 Å². The van der Waals surface area contributed by atoms with Gasteiger partial charge >= 0.3 is 0 Å². The van der Waals surface area contributed by atoms with Gasteiger partial charge in [0.1, 0.15) is 11.8 Å². The average molecular weight is 472 g/mol. The number of benzene rings is 2. The maximum Gasteiger partial charge on any atom is 0.290 e. The normalized spacial score (nSPS) is 23.0. The van der Waals surface area contributed by atoms with Crippen molar-refractivity contribution in [3.05, 3.63) is 95.4 Å². The highest BCUT2D eigenvalue weighted by molar-refractivity contribution is 5.96. The Hall–Kier alpha value is -3.38. The minimum absolute atomic E-state index is 0.00384. The van der Waals surface area contributed by atoms with Crippen LogP contribution in [0.3, 0.4) is 0 Å². The van der Waals surface area contributed by atoms with E-state index in [0.29, 0.717) is 31.2 Å². The summed E-state index contributed by atoms with van der Waals surface area (Å²) >= 11 is 0. The molecule has 2 amide bonds. The molecule has 2 saturated heterocycles. The molecule has 0 radical (unpaired) electrons. The lowest BCUT2D eigenvalue weighted by Gasteiger charge is -2.27. The van der Waals surface area contributed by atoms with Crippen LogP contribution < -0.4 is 5.32 Å². The quantitative estimate of drug-likeness (QED) is 0.572. The number of nitrogens with zero attached hydrogens (tertiary/aromatic N) is 2. The number of nitrogens with one attached hydrogen (secondary N) is 1. The third-order valence-electron chi connectivity index (χ3n) is 7.59. The van der Waals surface area contributed by atoms with Gasteiger partial charge in [-0.3, -0.25) is 9.59 Å². The van der Waals surface area contributed by atoms with E-state index in [0.717, 1.165) is 18.5 Å². The molecule has 0 bridgehead atoms. The second kappa shape index (κ2) is 10.1. The highest BCUT2D eigenvalue weighted by Gasteiger charge is 2.44. The van der Waals surface area contributed by atoms with Crippen LogP contribution >= 0.6 is 0 Å². The van der Waals surface area contributed by atoms with Gasteiger partial charge in [-0.2, -0.15) is 0 Å². The van der Waals surface area contributed by atoms with Gasteiger partial charge < -0.3 is 19.5 Å². The van der Waals surface area contributed by atoms with Crippen molar-refractivity contribution in [2.24, 2.45) is 0 Å². The number of likely N-dealkylation sites (tertiary alicyclic amines) is 2. The Kier molecular flexibility index (Phi) is 6.73. The average Bonchev–Trinajstić information content (AvgIpc) is 3.68. The Morgan fingerprint density at radius 2 is 1.57 bits per heavy atom. The van der Waals surface area contributed by atoms with Crippen molar-refractivity contribution in [3.63, 3.8) is 0 Å². The van der Waals surface area contributed by atoms with Crippen LogP contribution in [0.2, 0.25) is 0 Å². The van der Waals surface area contributed by atoms with Crippen molar-refractivity contribution < 1.29 is 14.0 Å². The Bertz CT molecular complexity index is 1160. The summed E-state index contributed by atoms with van der Waals surface area (Å²) < 4.78 is 5.90. The van der Waals surface area contributed by atoms with Crippen molar-refractivity contribution in [2.45, 2.75) is 43.7 Å². The molecule has 1 N–H and O–H groups in total. The van der Waals surface area contributed by atoms with E-state index >= 15 is 0 Å². The minimum Gasteiger partial charge on any atom is -0.454 e. The zero-order valence-corrected chi connectivity index (χ0v) is 20.4. The van der Waals surface area contributed by atoms with Gasteiger partial charge in [0.05, 0.1) is 6.04 Å². The van der Waals surface area contributed by atoms with E-state index in [-0.39, 0.29) is 29.5 Å². The first-order valence-electron chi connectivity index (χ1n) is 12.5. The first kappa shape index (κ1) is 23.4. The minimum atomic E-state index is -0.488. The van der Waals surface area contributed by atoms with Gasteiger partial charge in [0.25, 0.3) is 5.91 Å². The van der Waals surface area contributed by atoms with Gasteiger partial charge in [-0.25, -0.2) is 0 Å². The predicted molar refractivity (Wildman–Crippen MR) is 135 cm³/mol. The standard InChI is InChI=1S/C29H33N3O3/c1-20(30-2)26-13-14-27(35-26)29(34)32-19-24(22-11-7-4-8-12-22)17-25(32)28(33)31-16-15-23(18-31)21-9-5-3-6-10-21/h3-14,20,23-25,30H,15-19H2,1-2H3/t20?,23?,24-,25-/m0/s1. The lowest BCUT2D eigenvalue weighted by atomic mass is 9.96. The summed E-state index contributed by atoms with van der Waals surface area (Å²) in [5, 5.41) is 3.13. The van der Waals surface area contributed by atoms with E-state index in [2.05, 4.69) is 29.6 Å². The molecule has 3 heterocycles. The molecular formula is C29H33N3O3. The summed E-state index contributed by atoms with van der Waals surface area (Å²) in [5.41, 5.74) is 2.43. The van der Waals surface area contributed by atoms with Gasteiger partial charge in [0, 0.05) is 31.5 Å². The molecule has 3 aromatic rings. The van der Waals surface area contributed by atoms with Gasteiger partial charge in [-0.15, -0.1) is 0 Å². The topological polar surface area (TPSA) is 65.8 Å². The highest BCUT2D eigenvalue weighted by atomic mass is 16.4. The largest absolute Gasteiger partial charge is 0.454 e. The fourth-order valence-electron chi connectivity index (χ4n) is 5.41. The zero-order valence-electron chi connectivity index (χ0n) is 20.4. The first-order valence-corrected chi connectivity index (χ1v) is 12.5. The van der Waals surface area contributed by atoms with E-state index < -0.39 is 6.04 Å². The first-order chi connectivity index (χ1) is 17.0. The molecule has 4 atom stereocenters. The SMILES string of the molecule is CNC(C)c1ccc(C(=O)N2C[C@@H](c3ccccc3)C[C@H]2C(=O)N2CCC(c3ccccc3)C2)o1. The Morgan fingerprint density at radius 1 is 0.914 bits per heavy atom. The zero-order chi connectivity index (χ0) is 24.4. The van der Waals surface area contributed by atoms with Crippen LogP contribution in [0.4, 0.5) is 0 Å². The third kappa shape index (κ3) is 4.76. The van der Waals surface area contributed by atoms with Crippen LogP contribution in [0, 0.1) is 0 Å². The van der Waals surface area contributed by atoms with Crippen LogP contribution in [0.25, 0.3) is 0 Å². The van der Waals surface area contributed by atoms with Crippen molar-refractivity contribution in [2.75, 3.05) is 26.7 Å². The van der Waals surface area contributed by atoms with Crippen molar-refractivity contribution in [1.29, 1.82) is 0 Å². The van der Waals surface area contributed by atoms with Gasteiger partial charge in [-0.05, 0) is 50.1 Å². The summed E-state index contributed by atoms with van der Waals surface area (Å²) in [7, 11) is 1.85. The number of carbonyl (C=O) groups excluding carboxylic acids is 2. The van der Waals surface area contributed by atoms with Gasteiger partial charge in [0.15, 0.2) is 5.76 Å².